The molecule has 0 saturated heterocycles. The van der Waals surface area contributed by atoms with Gasteiger partial charge in [-0.2, -0.15) is 0 Å². The molecule has 5 heteroatoms. The van der Waals surface area contributed by atoms with Gasteiger partial charge in [-0.15, -0.1) is 0 Å². The number of benzene rings is 1. The number of Topliss-reactive ketones (excluding diaryl/α,β-unsaturated/α-hetero) is 1. The first-order chi connectivity index (χ1) is 8.02. The van der Waals surface area contributed by atoms with Gasteiger partial charge in [0.05, 0.1) is 14.2 Å². The molecule has 0 aliphatic heterocycles. The highest BCUT2D eigenvalue weighted by Gasteiger charge is 2.51. The second-order valence-electron chi connectivity index (χ2n) is 3.88. The second-order valence-corrected chi connectivity index (χ2v) is 3.88. The maximum absolute atomic E-state index is 11.9. The van der Waals surface area contributed by atoms with Gasteiger partial charge in [0.1, 0.15) is 5.75 Å². The van der Waals surface area contributed by atoms with E-state index in [0.29, 0.717) is 16.9 Å². The molecule has 5 nitrogen and oxygen atoms in total. The van der Waals surface area contributed by atoms with Crippen LogP contribution < -0.4 is 4.74 Å². The summed E-state index contributed by atoms with van der Waals surface area (Å²) in [5.41, 5.74) is -1.18. The average Bonchev–Trinajstić information content (AvgIpc) is 2.61. The minimum atomic E-state index is -2.09. The van der Waals surface area contributed by atoms with Crippen LogP contribution in [0.15, 0.2) is 18.2 Å². The zero-order valence-electron chi connectivity index (χ0n) is 9.52. The lowest BCUT2D eigenvalue weighted by Crippen LogP contribution is -2.45. The van der Waals surface area contributed by atoms with Crippen molar-refractivity contribution < 1.29 is 24.2 Å². The molecule has 1 aliphatic rings. The predicted molar refractivity (Wildman–Crippen MR) is 58.0 cm³/mol. The van der Waals surface area contributed by atoms with Crippen molar-refractivity contribution in [1.82, 2.24) is 0 Å². The highest BCUT2D eigenvalue weighted by atomic mass is 16.5. The van der Waals surface area contributed by atoms with Crippen LogP contribution in [0.2, 0.25) is 0 Å². The summed E-state index contributed by atoms with van der Waals surface area (Å²) in [5.74, 6) is -0.981. The van der Waals surface area contributed by atoms with Crippen molar-refractivity contribution in [3.63, 3.8) is 0 Å². The number of carbonyl (C=O) groups is 2. The molecule has 1 aromatic rings. The monoisotopic (exact) mass is 236 g/mol. The summed E-state index contributed by atoms with van der Waals surface area (Å²) >= 11 is 0. The van der Waals surface area contributed by atoms with Crippen molar-refractivity contribution in [2.24, 2.45) is 0 Å². The number of rotatable bonds is 2. The summed E-state index contributed by atoms with van der Waals surface area (Å²) < 4.78 is 9.47. The SMILES string of the molecule is COC(=O)[C@]1(O)Cc2cc(OC)ccc2C1=O. The Balaban J connectivity index is 2.45. The Hall–Kier alpha value is -1.88. The Labute approximate surface area is 98.0 Å². The van der Waals surface area contributed by atoms with Crippen LogP contribution in [0.1, 0.15) is 15.9 Å². The molecule has 1 aromatic carbocycles. The first-order valence-corrected chi connectivity index (χ1v) is 5.05. The zero-order chi connectivity index (χ0) is 12.6. The maximum Gasteiger partial charge on any atom is 0.346 e. The molecule has 0 spiro atoms. The van der Waals surface area contributed by atoms with Gasteiger partial charge in [0.25, 0.3) is 0 Å². The standard InChI is InChI=1S/C12H12O5/c1-16-8-3-4-9-7(5-8)6-12(15,10(9)13)11(14)17-2/h3-5,15H,6H2,1-2H3/t12-/m0/s1. The van der Waals surface area contributed by atoms with E-state index in [2.05, 4.69) is 4.74 Å². The van der Waals surface area contributed by atoms with E-state index < -0.39 is 17.4 Å². The van der Waals surface area contributed by atoms with E-state index in [0.717, 1.165) is 7.11 Å². The van der Waals surface area contributed by atoms with Gasteiger partial charge in [-0.05, 0) is 23.8 Å². The lowest BCUT2D eigenvalue weighted by molar-refractivity contribution is -0.156. The van der Waals surface area contributed by atoms with Crippen LogP contribution >= 0.6 is 0 Å². The van der Waals surface area contributed by atoms with Crippen LogP contribution in [0.3, 0.4) is 0 Å². The van der Waals surface area contributed by atoms with Crippen LogP contribution in [0.4, 0.5) is 0 Å². The van der Waals surface area contributed by atoms with Gasteiger partial charge in [-0.3, -0.25) is 4.79 Å². The molecule has 1 N–H and O–H groups in total. The van der Waals surface area contributed by atoms with Crippen molar-refractivity contribution in [3.05, 3.63) is 29.3 Å². The number of ether oxygens (including phenoxy) is 2. The van der Waals surface area contributed by atoms with Crippen LogP contribution in [-0.2, 0) is 16.0 Å². The Morgan fingerprint density at radius 3 is 2.71 bits per heavy atom. The van der Waals surface area contributed by atoms with Crippen molar-refractivity contribution in [2.45, 2.75) is 12.0 Å². The average molecular weight is 236 g/mol. The third-order valence-electron chi connectivity index (χ3n) is 2.90. The molecule has 2 rings (SSSR count). The van der Waals surface area contributed by atoms with E-state index in [9.17, 15) is 14.7 Å². The Morgan fingerprint density at radius 2 is 2.12 bits per heavy atom. The molecule has 1 atom stereocenters. The lowest BCUT2D eigenvalue weighted by Gasteiger charge is -2.16. The molecular formula is C12H12O5. The van der Waals surface area contributed by atoms with E-state index in [-0.39, 0.29) is 6.42 Å². The van der Waals surface area contributed by atoms with E-state index in [4.69, 9.17) is 4.74 Å². The molecule has 1 aliphatic carbocycles. The van der Waals surface area contributed by atoms with Crippen LogP contribution in [0.5, 0.6) is 5.75 Å². The number of methoxy groups -OCH3 is 2. The Morgan fingerprint density at radius 1 is 1.41 bits per heavy atom. The number of carbonyl (C=O) groups excluding carboxylic acids is 2. The Bertz CT molecular complexity index is 494. The van der Waals surface area contributed by atoms with Gasteiger partial charge < -0.3 is 14.6 Å². The molecule has 0 radical (unpaired) electrons. The first kappa shape index (κ1) is 11.6. The summed E-state index contributed by atoms with van der Waals surface area (Å²) in [7, 11) is 2.64. The van der Waals surface area contributed by atoms with Gasteiger partial charge in [0, 0.05) is 12.0 Å². The maximum atomic E-state index is 11.9. The third-order valence-corrected chi connectivity index (χ3v) is 2.90. The minimum Gasteiger partial charge on any atom is -0.497 e. The third kappa shape index (κ3) is 1.59. The summed E-state index contributed by atoms with van der Waals surface area (Å²) in [6, 6.07) is 4.78. The number of hydrogen-bond acceptors (Lipinski definition) is 5. The van der Waals surface area contributed by atoms with Crippen LogP contribution in [0.25, 0.3) is 0 Å². The van der Waals surface area contributed by atoms with E-state index in [1.807, 2.05) is 0 Å². The van der Waals surface area contributed by atoms with Crippen molar-refractivity contribution in [3.8, 4) is 5.75 Å². The highest BCUT2D eigenvalue weighted by molar-refractivity contribution is 6.18. The quantitative estimate of drug-likeness (QED) is 0.592. The second kappa shape index (κ2) is 3.85. The van der Waals surface area contributed by atoms with Gasteiger partial charge in [-0.25, -0.2) is 4.79 Å². The number of hydrogen-bond donors (Lipinski definition) is 1. The lowest BCUT2D eigenvalue weighted by atomic mass is 10.00. The van der Waals surface area contributed by atoms with Gasteiger partial charge in [0.15, 0.2) is 0 Å². The molecule has 0 bridgehead atoms. The fourth-order valence-corrected chi connectivity index (χ4v) is 1.98. The molecule has 17 heavy (non-hydrogen) atoms. The molecular weight excluding hydrogens is 224 g/mol. The van der Waals surface area contributed by atoms with Crippen molar-refractivity contribution in [2.75, 3.05) is 14.2 Å². The molecule has 0 aromatic heterocycles. The van der Waals surface area contributed by atoms with Crippen LogP contribution in [-0.4, -0.2) is 36.7 Å². The van der Waals surface area contributed by atoms with E-state index >= 15 is 0 Å². The fourth-order valence-electron chi connectivity index (χ4n) is 1.98. The smallest absolute Gasteiger partial charge is 0.346 e. The largest absolute Gasteiger partial charge is 0.497 e. The number of aliphatic hydroxyl groups is 1. The van der Waals surface area contributed by atoms with Crippen molar-refractivity contribution in [1.29, 1.82) is 0 Å². The molecule has 0 amide bonds. The molecule has 0 unspecified atom stereocenters. The normalized spacial score (nSPS) is 22.2. The zero-order valence-corrected chi connectivity index (χ0v) is 9.52. The summed E-state index contributed by atoms with van der Waals surface area (Å²) in [6.07, 6.45) is -0.0783. The number of esters is 1. The highest BCUT2D eigenvalue weighted by Crippen LogP contribution is 2.33. The van der Waals surface area contributed by atoms with Crippen molar-refractivity contribution >= 4 is 11.8 Å². The predicted octanol–water partition coefficient (Wildman–Crippen LogP) is 0.338. The van der Waals surface area contributed by atoms with Crippen LogP contribution in [0, 0.1) is 0 Å². The van der Waals surface area contributed by atoms with E-state index in [1.165, 1.54) is 13.2 Å². The number of fused-ring (bicyclic) bond motifs is 1. The van der Waals surface area contributed by atoms with Gasteiger partial charge in [0.2, 0.25) is 11.4 Å². The topological polar surface area (TPSA) is 72.8 Å². The van der Waals surface area contributed by atoms with E-state index in [1.54, 1.807) is 12.1 Å². The fraction of sp³-hybridized carbons (Fsp3) is 0.333. The minimum absolute atomic E-state index is 0.0783. The molecule has 0 saturated carbocycles. The molecule has 90 valence electrons. The van der Waals surface area contributed by atoms with Gasteiger partial charge in [-0.1, -0.05) is 0 Å². The van der Waals surface area contributed by atoms with Gasteiger partial charge >= 0.3 is 5.97 Å². The summed E-state index contributed by atoms with van der Waals surface area (Å²) in [6.45, 7) is 0. The summed E-state index contributed by atoms with van der Waals surface area (Å²) in [5, 5.41) is 10.0. The molecule has 0 heterocycles. The summed E-state index contributed by atoms with van der Waals surface area (Å²) in [4.78, 5) is 23.4. The first-order valence-electron chi connectivity index (χ1n) is 5.05. The molecule has 0 fully saturated rings. The Kier molecular flexibility index (Phi) is 2.63. The number of ketones is 1.